The summed E-state index contributed by atoms with van der Waals surface area (Å²) in [5.74, 6) is 2.51. The van der Waals surface area contributed by atoms with Gasteiger partial charge in [0.2, 0.25) is 5.75 Å². The summed E-state index contributed by atoms with van der Waals surface area (Å²) >= 11 is 3.39. The van der Waals surface area contributed by atoms with E-state index in [1.807, 2.05) is 0 Å². The first-order chi connectivity index (χ1) is 8.76. The fourth-order valence-electron chi connectivity index (χ4n) is 1.53. The molecule has 0 atom stereocenters. The number of hydrogen-bond donors (Lipinski definition) is 0. The second-order valence-electron chi connectivity index (χ2n) is 3.61. The van der Waals surface area contributed by atoms with Crippen molar-refractivity contribution in [1.82, 2.24) is 0 Å². The lowest BCUT2D eigenvalue weighted by Gasteiger charge is -2.14. The molecular formula is C13H19BrO4. The number of methoxy groups -OCH3 is 3. The van der Waals surface area contributed by atoms with Crippen molar-refractivity contribution in [3.8, 4) is 23.0 Å². The van der Waals surface area contributed by atoms with Gasteiger partial charge in [-0.3, -0.25) is 0 Å². The first kappa shape index (κ1) is 15.0. The van der Waals surface area contributed by atoms with E-state index in [1.165, 1.54) is 0 Å². The van der Waals surface area contributed by atoms with Crippen LogP contribution in [0.3, 0.4) is 0 Å². The third kappa shape index (κ3) is 3.98. The molecule has 0 N–H and O–H groups in total. The Hall–Kier alpha value is -1.10. The maximum Gasteiger partial charge on any atom is 0.203 e. The molecule has 0 fully saturated rings. The zero-order valence-electron chi connectivity index (χ0n) is 11.0. The van der Waals surface area contributed by atoms with Crippen LogP contribution in [0.4, 0.5) is 0 Å². The minimum Gasteiger partial charge on any atom is -0.493 e. The molecule has 1 aromatic rings. The zero-order chi connectivity index (χ0) is 13.4. The number of benzene rings is 1. The molecule has 4 nitrogen and oxygen atoms in total. The van der Waals surface area contributed by atoms with Gasteiger partial charge >= 0.3 is 0 Å². The summed E-state index contributed by atoms with van der Waals surface area (Å²) in [7, 11) is 4.76. The molecule has 0 heterocycles. The van der Waals surface area contributed by atoms with Crippen LogP contribution in [0.5, 0.6) is 23.0 Å². The van der Waals surface area contributed by atoms with E-state index in [0.29, 0.717) is 23.9 Å². The molecule has 0 bridgehead atoms. The molecule has 0 radical (unpaired) electrons. The molecule has 0 aliphatic rings. The van der Waals surface area contributed by atoms with Crippen molar-refractivity contribution >= 4 is 15.9 Å². The smallest absolute Gasteiger partial charge is 0.203 e. The highest BCUT2D eigenvalue weighted by Crippen LogP contribution is 2.40. The Morgan fingerprint density at radius 2 is 1.56 bits per heavy atom. The molecule has 0 aromatic heterocycles. The average molecular weight is 319 g/mol. The SMILES string of the molecule is COc1cc(OCCCCBr)cc(OC)c1OC. The molecule has 0 saturated carbocycles. The number of unbranched alkanes of at least 4 members (excludes halogenated alkanes) is 1. The molecule has 1 rings (SSSR count). The summed E-state index contributed by atoms with van der Waals surface area (Å²) in [6.45, 7) is 0.671. The van der Waals surface area contributed by atoms with Crippen LogP contribution in [-0.2, 0) is 0 Å². The van der Waals surface area contributed by atoms with Gasteiger partial charge in [-0.25, -0.2) is 0 Å². The molecule has 0 aliphatic heterocycles. The third-order valence-electron chi connectivity index (χ3n) is 2.43. The number of rotatable bonds is 8. The second kappa shape index (κ2) is 8.08. The van der Waals surface area contributed by atoms with Gasteiger partial charge in [-0.15, -0.1) is 0 Å². The largest absolute Gasteiger partial charge is 0.493 e. The molecule has 0 saturated heterocycles. The highest BCUT2D eigenvalue weighted by molar-refractivity contribution is 9.09. The van der Waals surface area contributed by atoms with Crippen LogP contribution in [-0.4, -0.2) is 33.3 Å². The summed E-state index contributed by atoms with van der Waals surface area (Å²) in [5.41, 5.74) is 0. The first-order valence-corrected chi connectivity index (χ1v) is 6.87. The second-order valence-corrected chi connectivity index (χ2v) is 4.40. The summed E-state index contributed by atoms with van der Waals surface area (Å²) < 4.78 is 21.4. The lowest BCUT2D eigenvalue weighted by molar-refractivity contribution is 0.294. The van der Waals surface area contributed by atoms with E-state index >= 15 is 0 Å². The Bertz CT molecular complexity index is 343. The highest BCUT2D eigenvalue weighted by Gasteiger charge is 2.13. The molecule has 1 aromatic carbocycles. The first-order valence-electron chi connectivity index (χ1n) is 5.75. The maximum absolute atomic E-state index is 5.66. The fourth-order valence-corrected chi connectivity index (χ4v) is 1.92. The predicted octanol–water partition coefficient (Wildman–Crippen LogP) is 3.27. The fraction of sp³-hybridized carbons (Fsp3) is 0.538. The van der Waals surface area contributed by atoms with Crippen molar-refractivity contribution in [2.24, 2.45) is 0 Å². The molecular weight excluding hydrogens is 300 g/mol. The van der Waals surface area contributed by atoms with Crippen LogP contribution >= 0.6 is 15.9 Å². The summed E-state index contributed by atoms with van der Waals surface area (Å²) in [6, 6.07) is 3.60. The summed E-state index contributed by atoms with van der Waals surface area (Å²) in [5, 5.41) is 0.992. The normalized spacial score (nSPS) is 10.0. The van der Waals surface area contributed by atoms with Crippen molar-refractivity contribution in [2.75, 3.05) is 33.3 Å². The van der Waals surface area contributed by atoms with Gasteiger partial charge in [0, 0.05) is 17.5 Å². The molecule has 18 heavy (non-hydrogen) atoms. The Labute approximate surface area is 116 Å². The monoisotopic (exact) mass is 318 g/mol. The molecule has 5 heteroatoms. The Balaban J connectivity index is 2.80. The van der Waals surface area contributed by atoms with Crippen molar-refractivity contribution < 1.29 is 18.9 Å². The maximum atomic E-state index is 5.66. The van der Waals surface area contributed by atoms with Gasteiger partial charge < -0.3 is 18.9 Å². The predicted molar refractivity (Wildman–Crippen MR) is 74.6 cm³/mol. The Morgan fingerprint density at radius 1 is 0.944 bits per heavy atom. The van der Waals surface area contributed by atoms with Crippen molar-refractivity contribution in [1.29, 1.82) is 0 Å². The minimum absolute atomic E-state index is 0.577. The molecule has 0 amide bonds. The number of halogens is 1. The van der Waals surface area contributed by atoms with Crippen LogP contribution < -0.4 is 18.9 Å². The zero-order valence-corrected chi connectivity index (χ0v) is 12.6. The van der Waals surface area contributed by atoms with Gasteiger partial charge in [0.1, 0.15) is 5.75 Å². The van der Waals surface area contributed by atoms with Crippen molar-refractivity contribution in [3.05, 3.63) is 12.1 Å². The van der Waals surface area contributed by atoms with Crippen molar-refractivity contribution in [2.45, 2.75) is 12.8 Å². The van der Waals surface area contributed by atoms with E-state index in [-0.39, 0.29) is 0 Å². The van der Waals surface area contributed by atoms with Gasteiger partial charge in [0.25, 0.3) is 0 Å². The van der Waals surface area contributed by atoms with Gasteiger partial charge in [-0.2, -0.15) is 0 Å². The topological polar surface area (TPSA) is 36.9 Å². The molecule has 0 aliphatic carbocycles. The lowest BCUT2D eigenvalue weighted by atomic mass is 10.2. The minimum atomic E-state index is 0.577. The van der Waals surface area contributed by atoms with E-state index in [4.69, 9.17) is 18.9 Å². The Morgan fingerprint density at radius 3 is 2.00 bits per heavy atom. The van der Waals surface area contributed by atoms with E-state index < -0.39 is 0 Å². The van der Waals surface area contributed by atoms with Gasteiger partial charge in [0.15, 0.2) is 11.5 Å². The van der Waals surface area contributed by atoms with Gasteiger partial charge in [-0.1, -0.05) is 15.9 Å². The average Bonchev–Trinajstić information content (AvgIpc) is 2.42. The van der Waals surface area contributed by atoms with Gasteiger partial charge in [0.05, 0.1) is 27.9 Å². The Kier molecular flexibility index (Phi) is 6.72. The lowest BCUT2D eigenvalue weighted by Crippen LogP contribution is -2.00. The van der Waals surface area contributed by atoms with Gasteiger partial charge in [-0.05, 0) is 12.8 Å². The van der Waals surface area contributed by atoms with E-state index in [2.05, 4.69) is 15.9 Å². The van der Waals surface area contributed by atoms with E-state index in [9.17, 15) is 0 Å². The number of ether oxygens (including phenoxy) is 4. The molecule has 0 spiro atoms. The van der Waals surface area contributed by atoms with Crippen LogP contribution in [0.25, 0.3) is 0 Å². The highest BCUT2D eigenvalue weighted by atomic mass is 79.9. The van der Waals surface area contributed by atoms with E-state index in [1.54, 1.807) is 33.5 Å². The standard InChI is InChI=1S/C13H19BrO4/c1-15-11-8-10(18-7-5-4-6-14)9-12(16-2)13(11)17-3/h8-9H,4-7H2,1-3H3. The van der Waals surface area contributed by atoms with Crippen LogP contribution in [0.2, 0.25) is 0 Å². The van der Waals surface area contributed by atoms with Crippen LogP contribution in [0, 0.1) is 0 Å². The third-order valence-corrected chi connectivity index (χ3v) is 3.00. The van der Waals surface area contributed by atoms with Crippen molar-refractivity contribution in [3.63, 3.8) is 0 Å². The quantitative estimate of drug-likeness (QED) is 0.544. The van der Waals surface area contributed by atoms with Crippen LogP contribution in [0.1, 0.15) is 12.8 Å². The molecule has 102 valence electrons. The molecule has 0 unspecified atom stereocenters. The van der Waals surface area contributed by atoms with Crippen LogP contribution in [0.15, 0.2) is 12.1 Å². The van der Waals surface area contributed by atoms with E-state index in [0.717, 1.165) is 23.9 Å². The number of hydrogen-bond acceptors (Lipinski definition) is 4. The summed E-state index contributed by atoms with van der Waals surface area (Å²) in [6.07, 6.45) is 2.09. The summed E-state index contributed by atoms with van der Waals surface area (Å²) in [4.78, 5) is 0. The number of alkyl halides is 1.